The summed E-state index contributed by atoms with van der Waals surface area (Å²) in [7, 11) is 0. The summed E-state index contributed by atoms with van der Waals surface area (Å²) in [6, 6.07) is 13.5. The van der Waals surface area contributed by atoms with E-state index in [1.165, 1.54) is 24.0 Å². The van der Waals surface area contributed by atoms with Gasteiger partial charge < -0.3 is 10.2 Å². The first-order valence-electron chi connectivity index (χ1n) is 9.32. The van der Waals surface area contributed by atoms with E-state index >= 15 is 0 Å². The molecule has 0 saturated carbocycles. The lowest BCUT2D eigenvalue weighted by Gasteiger charge is -2.36. The van der Waals surface area contributed by atoms with Crippen LogP contribution in [-0.4, -0.2) is 41.0 Å². The molecule has 1 saturated heterocycles. The fourth-order valence-electron chi connectivity index (χ4n) is 4.10. The Hall–Kier alpha value is -2.20. The van der Waals surface area contributed by atoms with Crippen LogP contribution in [0.2, 0.25) is 0 Å². The Morgan fingerprint density at radius 1 is 0.960 bits per heavy atom. The van der Waals surface area contributed by atoms with E-state index in [1.807, 2.05) is 4.90 Å². The zero-order chi connectivity index (χ0) is 17.1. The minimum absolute atomic E-state index is 0.132. The molecule has 0 spiro atoms. The number of aryl methyl sites for hydroxylation is 1. The van der Waals surface area contributed by atoms with E-state index in [-0.39, 0.29) is 5.91 Å². The van der Waals surface area contributed by atoms with Gasteiger partial charge in [0, 0.05) is 43.1 Å². The Morgan fingerprint density at radius 3 is 2.44 bits per heavy atom. The molecule has 1 amide bonds. The van der Waals surface area contributed by atoms with Crippen LogP contribution in [-0.2, 0) is 12.8 Å². The van der Waals surface area contributed by atoms with E-state index < -0.39 is 0 Å². The van der Waals surface area contributed by atoms with Gasteiger partial charge in [-0.25, -0.2) is 0 Å². The summed E-state index contributed by atoms with van der Waals surface area (Å²) in [5.74, 6) is 0.132. The fraction of sp³-hybridized carbons (Fsp3) is 0.429. The number of piperidine rings is 1. The van der Waals surface area contributed by atoms with E-state index in [2.05, 4.69) is 34.6 Å². The molecule has 4 rings (SSSR count). The smallest absolute Gasteiger partial charge is 0.253 e. The normalized spacial score (nSPS) is 21.0. The second-order valence-electron chi connectivity index (χ2n) is 7.18. The molecule has 1 fully saturated rings. The first kappa shape index (κ1) is 16.3. The number of aromatic nitrogens is 1. The predicted molar refractivity (Wildman–Crippen MR) is 98.6 cm³/mol. The second-order valence-corrected chi connectivity index (χ2v) is 7.18. The summed E-state index contributed by atoms with van der Waals surface area (Å²) < 4.78 is 0. The lowest BCUT2D eigenvalue weighted by molar-refractivity contribution is 0.0701. The molecule has 25 heavy (non-hydrogen) atoms. The van der Waals surface area contributed by atoms with Crippen molar-refractivity contribution in [1.82, 2.24) is 15.2 Å². The van der Waals surface area contributed by atoms with Gasteiger partial charge in [-0.1, -0.05) is 24.3 Å². The highest BCUT2D eigenvalue weighted by Crippen LogP contribution is 2.23. The number of carbonyl (C=O) groups excluding carboxylic acids is 1. The van der Waals surface area contributed by atoms with Gasteiger partial charge in [0.05, 0.1) is 0 Å². The van der Waals surface area contributed by atoms with Gasteiger partial charge >= 0.3 is 0 Å². The molecule has 1 atom stereocenters. The summed E-state index contributed by atoms with van der Waals surface area (Å²) in [5, 5.41) is 3.85. The molecule has 2 aliphatic rings. The van der Waals surface area contributed by atoms with E-state index in [1.54, 1.807) is 24.5 Å². The zero-order valence-corrected chi connectivity index (χ0v) is 14.5. The molecule has 2 heterocycles. The Morgan fingerprint density at radius 2 is 1.68 bits per heavy atom. The Labute approximate surface area is 149 Å². The van der Waals surface area contributed by atoms with Crippen molar-refractivity contribution in [2.45, 2.75) is 44.2 Å². The fourth-order valence-corrected chi connectivity index (χ4v) is 4.10. The number of likely N-dealkylation sites (tertiary alicyclic amines) is 1. The van der Waals surface area contributed by atoms with Crippen LogP contribution in [0, 0.1) is 0 Å². The number of carbonyl (C=O) groups is 1. The molecule has 4 nitrogen and oxygen atoms in total. The summed E-state index contributed by atoms with van der Waals surface area (Å²) in [5.41, 5.74) is 3.75. The molecule has 1 aliphatic carbocycles. The highest BCUT2D eigenvalue weighted by Gasteiger charge is 2.26. The van der Waals surface area contributed by atoms with Gasteiger partial charge in [-0.2, -0.15) is 0 Å². The Kier molecular flexibility index (Phi) is 4.79. The predicted octanol–water partition coefficient (Wildman–Crippen LogP) is 2.83. The summed E-state index contributed by atoms with van der Waals surface area (Å²) in [4.78, 5) is 18.5. The molecule has 0 bridgehead atoms. The van der Waals surface area contributed by atoms with Crippen molar-refractivity contribution < 1.29 is 4.79 Å². The van der Waals surface area contributed by atoms with Gasteiger partial charge in [0.2, 0.25) is 0 Å². The van der Waals surface area contributed by atoms with Crippen molar-refractivity contribution in [3.05, 3.63) is 65.5 Å². The molecule has 1 unspecified atom stereocenters. The van der Waals surface area contributed by atoms with Crippen molar-refractivity contribution >= 4 is 5.91 Å². The second kappa shape index (κ2) is 7.36. The van der Waals surface area contributed by atoms with E-state index in [0.717, 1.165) is 37.9 Å². The largest absolute Gasteiger partial charge is 0.339 e. The highest BCUT2D eigenvalue weighted by molar-refractivity contribution is 5.94. The van der Waals surface area contributed by atoms with Gasteiger partial charge in [-0.05, 0) is 55.4 Å². The van der Waals surface area contributed by atoms with Crippen molar-refractivity contribution in [1.29, 1.82) is 0 Å². The summed E-state index contributed by atoms with van der Waals surface area (Å²) in [6.45, 7) is 1.67. The van der Waals surface area contributed by atoms with Gasteiger partial charge in [0.1, 0.15) is 0 Å². The monoisotopic (exact) mass is 335 g/mol. The first-order chi connectivity index (χ1) is 12.3. The maximum atomic E-state index is 12.5. The standard InChI is InChI=1S/C21H25N3O/c25-21(17-7-11-22-12-8-17)24-13-9-19(10-14-24)23-20-6-5-16-3-1-2-4-18(16)15-20/h1-4,7-8,11-12,19-20,23H,5-6,9-10,13-15H2. The van der Waals surface area contributed by atoms with Crippen molar-refractivity contribution in [3.8, 4) is 0 Å². The van der Waals surface area contributed by atoms with Crippen molar-refractivity contribution in [2.24, 2.45) is 0 Å². The third-order valence-corrected chi connectivity index (χ3v) is 5.53. The maximum Gasteiger partial charge on any atom is 0.253 e. The molecule has 1 aromatic heterocycles. The van der Waals surface area contributed by atoms with Gasteiger partial charge in [-0.3, -0.25) is 9.78 Å². The van der Waals surface area contributed by atoms with E-state index in [4.69, 9.17) is 0 Å². The van der Waals surface area contributed by atoms with Crippen LogP contribution in [0.1, 0.15) is 40.7 Å². The van der Waals surface area contributed by atoms with Crippen LogP contribution in [0.3, 0.4) is 0 Å². The number of nitrogens with zero attached hydrogens (tertiary/aromatic N) is 2. The van der Waals surface area contributed by atoms with Crippen LogP contribution >= 0.6 is 0 Å². The lowest BCUT2D eigenvalue weighted by Crippen LogP contribution is -2.49. The van der Waals surface area contributed by atoms with Crippen LogP contribution in [0.15, 0.2) is 48.8 Å². The van der Waals surface area contributed by atoms with Gasteiger partial charge in [0.15, 0.2) is 0 Å². The highest BCUT2D eigenvalue weighted by atomic mass is 16.2. The van der Waals surface area contributed by atoms with Gasteiger partial charge in [0.25, 0.3) is 5.91 Å². The summed E-state index contributed by atoms with van der Waals surface area (Å²) >= 11 is 0. The third-order valence-electron chi connectivity index (χ3n) is 5.53. The molecule has 130 valence electrons. The number of nitrogens with one attached hydrogen (secondary N) is 1. The molecule has 1 aliphatic heterocycles. The van der Waals surface area contributed by atoms with E-state index in [0.29, 0.717) is 12.1 Å². The first-order valence-corrected chi connectivity index (χ1v) is 9.32. The zero-order valence-electron chi connectivity index (χ0n) is 14.5. The van der Waals surface area contributed by atoms with Crippen LogP contribution < -0.4 is 5.32 Å². The minimum Gasteiger partial charge on any atom is -0.339 e. The van der Waals surface area contributed by atoms with Gasteiger partial charge in [-0.15, -0.1) is 0 Å². The van der Waals surface area contributed by atoms with Crippen molar-refractivity contribution in [2.75, 3.05) is 13.1 Å². The number of rotatable bonds is 3. The summed E-state index contributed by atoms with van der Waals surface area (Å²) in [6.07, 6.45) is 8.96. The third kappa shape index (κ3) is 3.74. The number of hydrogen-bond donors (Lipinski definition) is 1. The number of hydrogen-bond acceptors (Lipinski definition) is 3. The van der Waals surface area contributed by atoms with Crippen LogP contribution in [0.4, 0.5) is 0 Å². The number of benzene rings is 1. The number of fused-ring (bicyclic) bond motifs is 1. The molecule has 1 aromatic carbocycles. The SMILES string of the molecule is O=C(c1ccncc1)N1CCC(NC2CCc3ccccc3C2)CC1. The maximum absolute atomic E-state index is 12.5. The molecular formula is C21H25N3O. The van der Waals surface area contributed by atoms with E-state index in [9.17, 15) is 4.79 Å². The average molecular weight is 335 g/mol. The quantitative estimate of drug-likeness (QED) is 0.938. The molecule has 2 aromatic rings. The Balaban J connectivity index is 1.29. The van der Waals surface area contributed by atoms with Crippen LogP contribution in [0.25, 0.3) is 0 Å². The average Bonchev–Trinajstić information content (AvgIpc) is 2.69. The molecule has 1 N–H and O–H groups in total. The van der Waals surface area contributed by atoms with Crippen molar-refractivity contribution in [3.63, 3.8) is 0 Å². The lowest BCUT2D eigenvalue weighted by atomic mass is 9.87. The topological polar surface area (TPSA) is 45.2 Å². The molecule has 4 heteroatoms. The molecule has 0 radical (unpaired) electrons. The minimum atomic E-state index is 0.132. The number of amides is 1. The molecular weight excluding hydrogens is 310 g/mol. The van der Waals surface area contributed by atoms with Crippen LogP contribution in [0.5, 0.6) is 0 Å². The number of pyridine rings is 1. The Bertz CT molecular complexity index is 723.